The highest BCUT2D eigenvalue weighted by Crippen LogP contribution is 2.26. The van der Waals surface area contributed by atoms with E-state index in [1.54, 1.807) is 0 Å². The zero-order chi connectivity index (χ0) is 44.0. The first kappa shape index (κ1) is 54.1. The van der Waals surface area contributed by atoms with Crippen molar-refractivity contribution in [3.63, 3.8) is 0 Å². The third-order valence-corrected chi connectivity index (χ3v) is 10.9. The van der Waals surface area contributed by atoms with E-state index < -0.39 is 92.7 Å². The van der Waals surface area contributed by atoms with Crippen LogP contribution in [-0.2, 0) is 38.0 Å². The van der Waals surface area contributed by atoms with Crippen molar-refractivity contribution < 1.29 is 73.8 Å². The van der Waals surface area contributed by atoms with Gasteiger partial charge in [-0.15, -0.1) is 0 Å². The first-order chi connectivity index (χ1) is 29.0. The number of aliphatic hydroxyl groups excluding tert-OH is 7. The van der Waals surface area contributed by atoms with Gasteiger partial charge in [-0.25, -0.2) is 0 Å². The molecule has 2 saturated heterocycles. The number of hydrogen-bond donors (Lipinski definition) is 7. The van der Waals surface area contributed by atoms with Crippen LogP contribution in [0, 0.1) is 0 Å². The van der Waals surface area contributed by atoms with Gasteiger partial charge in [-0.05, 0) is 57.8 Å². The van der Waals surface area contributed by atoms with Crippen LogP contribution in [0.3, 0.4) is 0 Å². The summed E-state index contributed by atoms with van der Waals surface area (Å²) in [7, 11) is 0. The van der Waals surface area contributed by atoms with Crippen molar-refractivity contribution in [3.05, 3.63) is 24.3 Å². The van der Waals surface area contributed by atoms with Gasteiger partial charge in [-0.2, -0.15) is 0 Å². The van der Waals surface area contributed by atoms with Crippen LogP contribution in [0.5, 0.6) is 0 Å². The van der Waals surface area contributed by atoms with E-state index in [0.29, 0.717) is 12.8 Å². The smallest absolute Gasteiger partial charge is 0.306 e. The molecule has 2 heterocycles. The first-order valence-electron chi connectivity index (χ1n) is 22.9. The number of carbonyl (C=O) groups excluding carboxylic acids is 2. The molecule has 350 valence electrons. The Labute approximate surface area is 358 Å². The van der Waals surface area contributed by atoms with Crippen LogP contribution >= 0.6 is 0 Å². The lowest BCUT2D eigenvalue weighted by Gasteiger charge is -2.42. The molecule has 0 bridgehead atoms. The molecule has 0 radical (unpaired) electrons. The van der Waals surface area contributed by atoms with Gasteiger partial charge in [-0.1, -0.05) is 109 Å². The topological polar surface area (TPSA) is 231 Å². The zero-order valence-electron chi connectivity index (χ0n) is 36.4. The minimum absolute atomic E-state index is 0.152. The molecule has 11 atom stereocenters. The number of hydrogen-bond acceptors (Lipinski definition) is 15. The van der Waals surface area contributed by atoms with Crippen LogP contribution < -0.4 is 0 Å². The number of unbranched alkanes of at least 4 members (excludes halogenated alkanes) is 16. The van der Waals surface area contributed by atoms with Crippen molar-refractivity contribution >= 4 is 11.9 Å². The standard InChI is InChI=1S/C45H80O15/c1-3-5-7-9-11-13-15-16-18-19-21-23-25-27-36(47)55-30-33(58-37(48)28-26-24-22-20-17-14-12-10-8-6-4-2)31-56-44-43(54)41(52)39(50)35(60-44)32-57-45-42(53)40(51)38(49)34(29-46)59-45/h10,12,16,18,33-35,38-46,49-54H,3-9,11,13-15,17,19-32H2,1-2H3/b12-10+,18-16+/t33-,34-,35-,38+,39+,40?,41?,42?,43?,44-,45-/m1/s1. The molecular formula is C45H80O15. The number of aliphatic hydroxyl groups is 7. The number of allylic oxidation sites excluding steroid dienone is 4. The molecular weight excluding hydrogens is 780 g/mol. The second kappa shape index (κ2) is 33.5. The summed E-state index contributed by atoms with van der Waals surface area (Å²) in [4.78, 5) is 25.6. The summed E-state index contributed by atoms with van der Waals surface area (Å²) in [5, 5.41) is 71.8. The Balaban J connectivity index is 1.87. The van der Waals surface area contributed by atoms with Crippen LogP contribution in [0.25, 0.3) is 0 Å². The van der Waals surface area contributed by atoms with Crippen LogP contribution in [-0.4, -0.2) is 142 Å². The van der Waals surface area contributed by atoms with Crippen LogP contribution in [0.1, 0.15) is 155 Å². The van der Waals surface area contributed by atoms with Gasteiger partial charge in [0.1, 0.15) is 55.4 Å². The monoisotopic (exact) mass is 861 g/mol. The minimum atomic E-state index is -1.76. The summed E-state index contributed by atoms with van der Waals surface area (Å²) in [6, 6.07) is 0. The van der Waals surface area contributed by atoms with Gasteiger partial charge >= 0.3 is 11.9 Å². The van der Waals surface area contributed by atoms with E-state index in [4.69, 9.17) is 28.4 Å². The van der Waals surface area contributed by atoms with E-state index in [2.05, 4.69) is 38.2 Å². The lowest BCUT2D eigenvalue weighted by atomic mass is 9.98. The Morgan fingerprint density at radius 3 is 1.53 bits per heavy atom. The summed E-state index contributed by atoms with van der Waals surface area (Å²) in [6.45, 7) is 2.49. The van der Waals surface area contributed by atoms with Crippen molar-refractivity contribution in [2.75, 3.05) is 26.4 Å². The Kier molecular flexibility index (Phi) is 30.2. The molecule has 0 amide bonds. The molecule has 2 fully saturated rings. The Morgan fingerprint density at radius 1 is 0.517 bits per heavy atom. The average molecular weight is 861 g/mol. The predicted octanol–water partition coefficient (Wildman–Crippen LogP) is 4.82. The SMILES string of the molecule is CCCC/C=C/CCCCCCCC(=O)O[C@H](COC(=O)CCCCC/C=C/CCCCCCCC)CO[C@@H]1O[C@H](CO[C@@H]2O[C@H](CO)[C@H](O)C(O)C2O)[C@H](O)C(O)C1O. The fraction of sp³-hybridized carbons (Fsp3) is 0.867. The molecule has 0 aromatic carbocycles. The third kappa shape index (κ3) is 22.4. The highest BCUT2D eigenvalue weighted by atomic mass is 16.7. The van der Waals surface area contributed by atoms with E-state index in [-0.39, 0.29) is 26.1 Å². The van der Waals surface area contributed by atoms with Gasteiger partial charge in [-0.3, -0.25) is 9.59 Å². The second-order valence-corrected chi connectivity index (χ2v) is 16.2. The first-order valence-corrected chi connectivity index (χ1v) is 22.9. The maximum Gasteiger partial charge on any atom is 0.306 e. The molecule has 0 spiro atoms. The van der Waals surface area contributed by atoms with Gasteiger partial charge in [0.2, 0.25) is 0 Å². The van der Waals surface area contributed by atoms with Crippen LogP contribution in [0.4, 0.5) is 0 Å². The molecule has 0 aromatic rings. The number of carbonyl (C=O) groups is 2. The van der Waals surface area contributed by atoms with Gasteiger partial charge in [0, 0.05) is 12.8 Å². The molecule has 15 nitrogen and oxygen atoms in total. The van der Waals surface area contributed by atoms with Crippen molar-refractivity contribution in [1.82, 2.24) is 0 Å². The molecule has 15 heteroatoms. The summed E-state index contributed by atoms with van der Waals surface area (Å²) >= 11 is 0. The van der Waals surface area contributed by atoms with E-state index >= 15 is 0 Å². The summed E-state index contributed by atoms with van der Waals surface area (Å²) in [5.41, 5.74) is 0. The van der Waals surface area contributed by atoms with Crippen LogP contribution in [0.15, 0.2) is 24.3 Å². The van der Waals surface area contributed by atoms with E-state index in [0.717, 1.165) is 64.2 Å². The molecule has 60 heavy (non-hydrogen) atoms. The van der Waals surface area contributed by atoms with E-state index in [1.165, 1.54) is 51.4 Å². The normalized spacial score (nSPS) is 27.8. The third-order valence-electron chi connectivity index (χ3n) is 10.9. The lowest BCUT2D eigenvalue weighted by Crippen LogP contribution is -2.61. The Hall–Kier alpha value is -2.02. The molecule has 4 unspecified atom stereocenters. The maximum atomic E-state index is 12.9. The summed E-state index contributed by atoms with van der Waals surface area (Å²) < 4.78 is 33.4. The summed E-state index contributed by atoms with van der Waals surface area (Å²) in [5.74, 6) is -0.956. The molecule has 2 rings (SSSR count). The number of esters is 2. The Bertz CT molecular complexity index is 1150. The molecule has 0 aliphatic carbocycles. The van der Waals surface area contributed by atoms with E-state index in [9.17, 15) is 45.3 Å². The van der Waals surface area contributed by atoms with Gasteiger partial charge in [0.05, 0.1) is 19.8 Å². The predicted molar refractivity (Wildman–Crippen MR) is 224 cm³/mol. The number of rotatable bonds is 34. The average Bonchev–Trinajstić information content (AvgIpc) is 3.24. The highest BCUT2D eigenvalue weighted by Gasteiger charge is 2.47. The molecule has 0 saturated carbocycles. The minimum Gasteiger partial charge on any atom is -0.462 e. The van der Waals surface area contributed by atoms with Gasteiger partial charge < -0.3 is 64.2 Å². The van der Waals surface area contributed by atoms with Crippen molar-refractivity contribution in [2.24, 2.45) is 0 Å². The van der Waals surface area contributed by atoms with Crippen LogP contribution in [0.2, 0.25) is 0 Å². The largest absolute Gasteiger partial charge is 0.462 e. The lowest BCUT2D eigenvalue weighted by molar-refractivity contribution is -0.332. The maximum absolute atomic E-state index is 12.9. The fourth-order valence-corrected chi connectivity index (χ4v) is 7.01. The Morgan fingerprint density at radius 2 is 0.967 bits per heavy atom. The fourth-order valence-electron chi connectivity index (χ4n) is 7.01. The second-order valence-electron chi connectivity index (χ2n) is 16.2. The summed E-state index contributed by atoms with van der Waals surface area (Å²) in [6.07, 6.45) is 13.7. The molecule has 2 aliphatic heterocycles. The van der Waals surface area contributed by atoms with Gasteiger partial charge in [0.15, 0.2) is 18.7 Å². The molecule has 7 N–H and O–H groups in total. The quantitative estimate of drug-likeness (QED) is 0.0261. The highest BCUT2D eigenvalue weighted by molar-refractivity contribution is 5.70. The zero-order valence-corrected chi connectivity index (χ0v) is 36.4. The van der Waals surface area contributed by atoms with E-state index in [1.807, 2.05) is 0 Å². The van der Waals surface area contributed by atoms with Crippen molar-refractivity contribution in [3.8, 4) is 0 Å². The van der Waals surface area contributed by atoms with Gasteiger partial charge in [0.25, 0.3) is 0 Å². The van der Waals surface area contributed by atoms with Crippen molar-refractivity contribution in [2.45, 2.75) is 223 Å². The molecule has 2 aliphatic rings. The van der Waals surface area contributed by atoms with Crippen molar-refractivity contribution in [1.29, 1.82) is 0 Å². The molecule has 0 aromatic heterocycles. The number of ether oxygens (including phenoxy) is 6.